The molecule has 0 spiro atoms. The summed E-state index contributed by atoms with van der Waals surface area (Å²) < 4.78 is 13.0. The van der Waals surface area contributed by atoms with Gasteiger partial charge in [-0.3, -0.25) is 4.79 Å². The second-order valence-electron chi connectivity index (χ2n) is 4.91. The van der Waals surface area contributed by atoms with Crippen LogP contribution in [0.15, 0.2) is 18.2 Å². The molecule has 0 radical (unpaired) electrons. The van der Waals surface area contributed by atoms with Crippen LogP contribution in [0, 0.1) is 5.82 Å². The molecule has 1 aromatic carbocycles. The van der Waals surface area contributed by atoms with E-state index in [9.17, 15) is 9.18 Å². The summed E-state index contributed by atoms with van der Waals surface area (Å²) in [6.07, 6.45) is 4.93. The molecule has 0 bridgehead atoms. The molecule has 1 amide bonds. The van der Waals surface area contributed by atoms with E-state index in [1.165, 1.54) is 43.9 Å². The number of thioether (sulfide) groups is 1. The number of halogens is 1. The van der Waals surface area contributed by atoms with Gasteiger partial charge in [0.25, 0.3) is 0 Å². The lowest BCUT2D eigenvalue weighted by atomic mass is 10.2. The summed E-state index contributed by atoms with van der Waals surface area (Å²) in [6, 6.07) is 4.23. The van der Waals surface area contributed by atoms with Crippen LogP contribution < -0.4 is 11.1 Å². The first kappa shape index (κ1) is 14.2. The quantitative estimate of drug-likeness (QED) is 0.832. The maximum absolute atomic E-state index is 13.0. The van der Waals surface area contributed by atoms with Crippen LogP contribution in [0.3, 0.4) is 0 Å². The number of anilines is 2. The van der Waals surface area contributed by atoms with Gasteiger partial charge in [0.05, 0.1) is 10.9 Å². The van der Waals surface area contributed by atoms with E-state index >= 15 is 0 Å². The number of carbonyl (C=O) groups is 1. The van der Waals surface area contributed by atoms with Crippen molar-refractivity contribution in [3.8, 4) is 0 Å². The van der Waals surface area contributed by atoms with E-state index in [2.05, 4.69) is 5.32 Å². The fraction of sp³-hybridized carbons (Fsp3) is 0.500. The van der Waals surface area contributed by atoms with Gasteiger partial charge in [0.2, 0.25) is 5.91 Å². The fourth-order valence-corrected chi connectivity index (χ4v) is 3.61. The highest BCUT2D eigenvalue weighted by molar-refractivity contribution is 8.01. The minimum absolute atomic E-state index is 0.0499. The molecule has 5 heteroatoms. The molecule has 0 heterocycles. The molecule has 3 nitrogen and oxygen atoms in total. The monoisotopic (exact) mass is 282 g/mol. The lowest BCUT2D eigenvalue weighted by Crippen LogP contribution is -2.24. The average molecular weight is 282 g/mol. The number of benzene rings is 1. The Labute approximate surface area is 117 Å². The third-order valence-corrected chi connectivity index (χ3v) is 4.81. The number of amides is 1. The van der Waals surface area contributed by atoms with Crippen molar-refractivity contribution in [2.75, 3.05) is 11.1 Å². The average Bonchev–Trinajstić information content (AvgIpc) is 2.86. The standard InChI is InChI=1S/C14H19FN2OS/c1-9(19-11-4-2-3-5-11)14(18)17-10-6-7-12(15)13(16)8-10/h6-9,11H,2-5,16H2,1H3,(H,17,18). The minimum Gasteiger partial charge on any atom is -0.396 e. The molecule has 19 heavy (non-hydrogen) atoms. The predicted molar refractivity (Wildman–Crippen MR) is 78.8 cm³/mol. The van der Waals surface area contributed by atoms with Gasteiger partial charge < -0.3 is 11.1 Å². The summed E-state index contributed by atoms with van der Waals surface area (Å²) >= 11 is 1.72. The number of nitrogen functional groups attached to an aromatic ring is 1. The SMILES string of the molecule is CC(SC1CCCC1)C(=O)Nc1ccc(F)c(N)c1. The second kappa shape index (κ2) is 6.28. The normalized spacial score (nSPS) is 17.4. The highest BCUT2D eigenvalue weighted by Gasteiger charge is 2.22. The van der Waals surface area contributed by atoms with Crippen molar-refractivity contribution in [1.29, 1.82) is 0 Å². The predicted octanol–water partition coefficient (Wildman–Crippen LogP) is 3.41. The summed E-state index contributed by atoms with van der Waals surface area (Å²) in [5.41, 5.74) is 6.07. The molecular weight excluding hydrogens is 263 g/mol. The maximum Gasteiger partial charge on any atom is 0.237 e. The molecule has 1 unspecified atom stereocenters. The Bertz CT molecular complexity index is 461. The van der Waals surface area contributed by atoms with Crippen LogP contribution in [0.2, 0.25) is 0 Å². The fourth-order valence-electron chi connectivity index (χ4n) is 2.24. The lowest BCUT2D eigenvalue weighted by molar-refractivity contribution is -0.115. The smallest absolute Gasteiger partial charge is 0.237 e. The van der Waals surface area contributed by atoms with Crippen molar-refractivity contribution in [3.63, 3.8) is 0 Å². The summed E-state index contributed by atoms with van der Waals surface area (Å²) in [7, 11) is 0. The van der Waals surface area contributed by atoms with Crippen molar-refractivity contribution >= 4 is 29.0 Å². The van der Waals surface area contributed by atoms with Crippen molar-refractivity contribution in [3.05, 3.63) is 24.0 Å². The van der Waals surface area contributed by atoms with E-state index in [0.717, 1.165) is 0 Å². The molecule has 104 valence electrons. The van der Waals surface area contributed by atoms with E-state index < -0.39 is 5.82 Å². The number of rotatable bonds is 4. The first-order valence-corrected chi connectivity index (χ1v) is 7.52. The maximum atomic E-state index is 13.0. The van der Waals surface area contributed by atoms with Crippen molar-refractivity contribution in [2.24, 2.45) is 0 Å². The second-order valence-corrected chi connectivity index (χ2v) is 6.56. The van der Waals surface area contributed by atoms with E-state index in [4.69, 9.17) is 5.73 Å². The molecule has 0 saturated heterocycles. The third-order valence-electron chi connectivity index (χ3n) is 3.33. The van der Waals surface area contributed by atoms with E-state index in [1.54, 1.807) is 11.8 Å². The molecule has 2 rings (SSSR count). The Morgan fingerprint density at radius 1 is 1.47 bits per heavy atom. The Balaban J connectivity index is 1.90. The number of nitrogens with two attached hydrogens (primary N) is 1. The first-order valence-electron chi connectivity index (χ1n) is 6.57. The van der Waals surface area contributed by atoms with Crippen LogP contribution in [0.1, 0.15) is 32.6 Å². The zero-order valence-electron chi connectivity index (χ0n) is 11.0. The van der Waals surface area contributed by atoms with Crippen LogP contribution in [0.4, 0.5) is 15.8 Å². The van der Waals surface area contributed by atoms with Crippen molar-refractivity contribution < 1.29 is 9.18 Å². The Hall–Kier alpha value is -1.23. The van der Waals surface area contributed by atoms with Crippen molar-refractivity contribution in [1.82, 2.24) is 0 Å². The van der Waals surface area contributed by atoms with E-state index in [1.807, 2.05) is 6.92 Å². The third kappa shape index (κ3) is 3.86. The number of hydrogen-bond donors (Lipinski definition) is 2. The van der Waals surface area contributed by atoms with Crippen LogP contribution >= 0.6 is 11.8 Å². The van der Waals surface area contributed by atoms with Gasteiger partial charge in [0.1, 0.15) is 5.82 Å². The highest BCUT2D eigenvalue weighted by atomic mass is 32.2. The largest absolute Gasteiger partial charge is 0.396 e. The Kier molecular flexibility index (Phi) is 4.69. The van der Waals surface area contributed by atoms with Gasteiger partial charge in [-0.2, -0.15) is 0 Å². The van der Waals surface area contributed by atoms with Crippen LogP contribution in [-0.4, -0.2) is 16.4 Å². The molecule has 1 aliphatic carbocycles. The molecule has 0 aliphatic heterocycles. The van der Waals surface area contributed by atoms with Gasteiger partial charge in [-0.25, -0.2) is 4.39 Å². The van der Waals surface area contributed by atoms with Gasteiger partial charge in [0, 0.05) is 10.9 Å². The molecule has 1 aromatic rings. The molecule has 1 aliphatic rings. The van der Waals surface area contributed by atoms with Gasteiger partial charge >= 0.3 is 0 Å². The number of nitrogens with one attached hydrogen (secondary N) is 1. The van der Waals surface area contributed by atoms with Gasteiger partial charge in [-0.1, -0.05) is 12.8 Å². The van der Waals surface area contributed by atoms with E-state index in [-0.39, 0.29) is 16.8 Å². The summed E-state index contributed by atoms with van der Waals surface area (Å²) in [5, 5.41) is 3.27. The molecule has 0 aromatic heterocycles. The summed E-state index contributed by atoms with van der Waals surface area (Å²) in [5.74, 6) is -0.519. The number of hydrogen-bond acceptors (Lipinski definition) is 3. The molecule has 1 fully saturated rings. The summed E-state index contributed by atoms with van der Waals surface area (Å²) in [6.45, 7) is 1.91. The summed E-state index contributed by atoms with van der Waals surface area (Å²) in [4.78, 5) is 12.0. The molecule has 1 saturated carbocycles. The van der Waals surface area contributed by atoms with Gasteiger partial charge in [0.15, 0.2) is 0 Å². The zero-order chi connectivity index (χ0) is 13.8. The van der Waals surface area contributed by atoms with E-state index in [0.29, 0.717) is 10.9 Å². The lowest BCUT2D eigenvalue weighted by Gasteiger charge is -2.16. The van der Waals surface area contributed by atoms with Gasteiger partial charge in [-0.05, 0) is 38.0 Å². The topological polar surface area (TPSA) is 55.1 Å². The molecular formula is C14H19FN2OS. The number of carbonyl (C=O) groups excluding carboxylic acids is 1. The van der Waals surface area contributed by atoms with Gasteiger partial charge in [-0.15, -0.1) is 11.8 Å². The highest BCUT2D eigenvalue weighted by Crippen LogP contribution is 2.32. The van der Waals surface area contributed by atoms with Crippen LogP contribution in [0.25, 0.3) is 0 Å². The zero-order valence-corrected chi connectivity index (χ0v) is 11.8. The molecule has 3 N–H and O–H groups in total. The first-order chi connectivity index (χ1) is 9.06. The van der Waals surface area contributed by atoms with Crippen molar-refractivity contribution in [2.45, 2.75) is 43.1 Å². The Morgan fingerprint density at radius 3 is 2.79 bits per heavy atom. The van der Waals surface area contributed by atoms with Crippen LogP contribution in [0.5, 0.6) is 0 Å². The van der Waals surface area contributed by atoms with Crippen LogP contribution in [-0.2, 0) is 4.79 Å². The Morgan fingerprint density at radius 2 is 2.16 bits per heavy atom. The molecule has 1 atom stereocenters. The minimum atomic E-state index is -0.466.